The van der Waals surface area contributed by atoms with Crippen molar-refractivity contribution in [3.63, 3.8) is 0 Å². The number of hydrogen-bond donors (Lipinski definition) is 2. The number of carbonyl (C=O) groups is 1. The summed E-state index contributed by atoms with van der Waals surface area (Å²) >= 11 is 0. The van der Waals surface area contributed by atoms with Crippen molar-refractivity contribution >= 4 is 21.7 Å². The van der Waals surface area contributed by atoms with Gasteiger partial charge in [0.1, 0.15) is 0 Å². The van der Waals surface area contributed by atoms with Gasteiger partial charge in [0.25, 0.3) is 0 Å². The maximum atomic E-state index is 12.5. The molecule has 0 heterocycles. The molecular weight excluding hydrogens is 302 g/mol. The van der Waals surface area contributed by atoms with Crippen LogP contribution in [0.25, 0.3) is 0 Å². The van der Waals surface area contributed by atoms with Crippen molar-refractivity contribution in [2.45, 2.75) is 50.2 Å². The van der Waals surface area contributed by atoms with Crippen LogP contribution in [-0.4, -0.2) is 24.7 Å². The standard InChI is InChI=1S/C16H21NO4S/c18-15(19)13-4-1-2-5-14(13)17-22(20,21)12-6-10-16(11-7-12)8-3-9-16/h1-2,4-5,12,17H,3,6-11H2,(H,18,19). The normalized spacial score (nSPS) is 21.3. The van der Waals surface area contributed by atoms with Crippen LogP contribution in [-0.2, 0) is 10.0 Å². The van der Waals surface area contributed by atoms with E-state index < -0.39 is 21.2 Å². The van der Waals surface area contributed by atoms with Gasteiger partial charge in [-0.2, -0.15) is 0 Å². The lowest BCUT2D eigenvalue weighted by molar-refractivity contribution is 0.0698. The molecule has 2 aliphatic carbocycles. The second kappa shape index (κ2) is 5.57. The molecule has 0 aliphatic heterocycles. The third kappa shape index (κ3) is 2.84. The number of nitrogens with one attached hydrogen (secondary N) is 1. The zero-order valence-electron chi connectivity index (χ0n) is 12.4. The van der Waals surface area contributed by atoms with Crippen LogP contribution >= 0.6 is 0 Å². The molecule has 0 bridgehead atoms. The number of aromatic carboxylic acids is 1. The van der Waals surface area contributed by atoms with Crippen molar-refractivity contribution in [1.82, 2.24) is 0 Å². The van der Waals surface area contributed by atoms with Crippen molar-refractivity contribution < 1.29 is 18.3 Å². The average molecular weight is 323 g/mol. The molecule has 6 heteroatoms. The fraction of sp³-hybridized carbons (Fsp3) is 0.562. The van der Waals surface area contributed by atoms with E-state index in [-0.39, 0.29) is 11.3 Å². The highest BCUT2D eigenvalue weighted by Gasteiger charge is 2.43. The summed E-state index contributed by atoms with van der Waals surface area (Å²) in [5.74, 6) is -1.13. The Morgan fingerprint density at radius 1 is 1.14 bits per heavy atom. The minimum absolute atomic E-state index is 0.0163. The monoisotopic (exact) mass is 323 g/mol. The molecule has 1 aromatic rings. The van der Waals surface area contributed by atoms with Gasteiger partial charge < -0.3 is 5.11 Å². The third-order valence-electron chi connectivity index (χ3n) is 5.26. The van der Waals surface area contributed by atoms with Crippen LogP contribution in [0, 0.1) is 5.41 Å². The number of para-hydroxylation sites is 1. The number of benzene rings is 1. The highest BCUT2D eigenvalue weighted by molar-refractivity contribution is 7.93. The molecule has 22 heavy (non-hydrogen) atoms. The van der Waals surface area contributed by atoms with Crippen LogP contribution < -0.4 is 4.72 Å². The summed E-state index contributed by atoms with van der Waals surface area (Å²) in [5.41, 5.74) is 0.543. The molecule has 2 aliphatic rings. The summed E-state index contributed by atoms with van der Waals surface area (Å²) < 4.78 is 27.6. The fourth-order valence-corrected chi connectivity index (χ4v) is 5.19. The summed E-state index contributed by atoms with van der Waals surface area (Å²) in [5, 5.41) is 8.73. The number of hydrogen-bond acceptors (Lipinski definition) is 3. The highest BCUT2D eigenvalue weighted by Crippen LogP contribution is 2.52. The van der Waals surface area contributed by atoms with Gasteiger partial charge in [-0.25, -0.2) is 13.2 Å². The molecule has 1 aromatic carbocycles. The molecule has 2 fully saturated rings. The Hall–Kier alpha value is -1.56. The molecule has 0 saturated heterocycles. The van der Waals surface area contributed by atoms with Gasteiger partial charge in [-0.1, -0.05) is 18.6 Å². The molecule has 3 rings (SSSR count). The molecular formula is C16H21NO4S. The van der Waals surface area contributed by atoms with Gasteiger partial charge in [0, 0.05) is 0 Å². The van der Waals surface area contributed by atoms with E-state index in [2.05, 4.69) is 4.72 Å². The number of rotatable bonds is 4. The van der Waals surface area contributed by atoms with E-state index in [4.69, 9.17) is 5.11 Å². The van der Waals surface area contributed by atoms with E-state index in [1.165, 1.54) is 31.4 Å². The Balaban J connectivity index is 1.73. The third-order valence-corrected chi connectivity index (χ3v) is 7.11. The van der Waals surface area contributed by atoms with Crippen LogP contribution in [0.15, 0.2) is 24.3 Å². The minimum atomic E-state index is -3.54. The van der Waals surface area contributed by atoms with Crippen LogP contribution in [0.1, 0.15) is 55.3 Å². The first kappa shape index (κ1) is 15.3. The highest BCUT2D eigenvalue weighted by atomic mass is 32.2. The van der Waals surface area contributed by atoms with Crippen LogP contribution in [0.5, 0.6) is 0 Å². The van der Waals surface area contributed by atoms with Crippen molar-refractivity contribution in [3.8, 4) is 0 Å². The second-order valence-corrected chi connectivity index (χ2v) is 8.51. The van der Waals surface area contributed by atoms with Crippen molar-refractivity contribution in [2.75, 3.05) is 4.72 Å². The molecule has 0 radical (unpaired) electrons. The quantitative estimate of drug-likeness (QED) is 0.891. The summed E-state index contributed by atoms with van der Waals surface area (Å²) in [6.07, 6.45) is 7.01. The summed E-state index contributed by atoms with van der Waals surface area (Å²) in [7, 11) is -3.54. The predicted molar refractivity (Wildman–Crippen MR) is 84.5 cm³/mol. The van der Waals surface area contributed by atoms with E-state index in [1.54, 1.807) is 12.1 Å². The lowest BCUT2D eigenvalue weighted by Gasteiger charge is -2.46. The number of anilines is 1. The fourth-order valence-electron chi connectivity index (χ4n) is 3.69. The van der Waals surface area contributed by atoms with Gasteiger partial charge in [-0.3, -0.25) is 4.72 Å². The van der Waals surface area contributed by atoms with Gasteiger partial charge in [0.05, 0.1) is 16.5 Å². The maximum Gasteiger partial charge on any atom is 0.337 e. The van der Waals surface area contributed by atoms with Gasteiger partial charge >= 0.3 is 5.97 Å². The largest absolute Gasteiger partial charge is 0.478 e. The molecule has 2 N–H and O–H groups in total. The van der Waals surface area contributed by atoms with Crippen LogP contribution in [0.2, 0.25) is 0 Å². The Kier molecular flexibility index (Phi) is 3.89. The zero-order chi connectivity index (χ0) is 15.8. The molecule has 0 aromatic heterocycles. The lowest BCUT2D eigenvalue weighted by Crippen LogP contribution is -2.39. The van der Waals surface area contributed by atoms with Gasteiger partial charge in [-0.05, 0) is 56.1 Å². The average Bonchev–Trinajstić information content (AvgIpc) is 2.45. The topological polar surface area (TPSA) is 83.5 Å². The zero-order valence-corrected chi connectivity index (χ0v) is 13.2. The number of carboxylic acid groups (broad SMARTS) is 1. The molecule has 0 atom stereocenters. The molecule has 120 valence electrons. The van der Waals surface area contributed by atoms with E-state index in [0.717, 1.165) is 12.8 Å². The molecule has 2 saturated carbocycles. The number of sulfonamides is 1. The van der Waals surface area contributed by atoms with E-state index in [1.807, 2.05) is 0 Å². The molecule has 1 spiro atoms. The van der Waals surface area contributed by atoms with Crippen LogP contribution in [0.4, 0.5) is 5.69 Å². The van der Waals surface area contributed by atoms with Gasteiger partial charge in [-0.15, -0.1) is 0 Å². The van der Waals surface area contributed by atoms with Crippen molar-refractivity contribution in [3.05, 3.63) is 29.8 Å². The Bertz CT molecular complexity index is 669. The van der Waals surface area contributed by atoms with Crippen molar-refractivity contribution in [2.24, 2.45) is 5.41 Å². The first-order valence-corrected chi connectivity index (χ1v) is 9.31. The molecule has 0 unspecified atom stereocenters. The van der Waals surface area contributed by atoms with Crippen molar-refractivity contribution in [1.29, 1.82) is 0 Å². The smallest absolute Gasteiger partial charge is 0.337 e. The minimum Gasteiger partial charge on any atom is -0.478 e. The Morgan fingerprint density at radius 3 is 2.32 bits per heavy atom. The van der Waals surface area contributed by atoms with E-state index in [9.17, 15) is 13.2 Å². The van der Waals surface area contributed by atoms with E-state index in [0.29, 0.717) is 18.3 Å². The predicted octanol–water partition coefficient (Wildman–Crippen LogP) is 3.24. The summed E-state index contributed by atoms with van der Waals surface area (Å²) in [6, 6.07) is 6.12. The first-order chi connectivity index (χ1) is 10.4. The summed E-state index contributed by atoms with van der Waals surface area (Å²) in [4.78, 5) is 11.2. The summed E-state index contributed by atoms with van der Waals surface area (Å²) in [6.45, 7) is 0. The SMILES string of the molecule is O=C(O)c1ccccc1NS(=O)(=O)C1CCC2(CCC2)CC1. The van der Waals surface area contributed by atoms with Gasteiger partial charge in [0.15, 0.2) is 0 Å². The Morgan fingerprint density at radius 2 is 1.77 bits per heavy atom. The van der Waals surface area contributed by atoms with E-state index >= 15 is 0 Å². The second-order valence-electron chi connectivity index (χ2n) is 6.55. The molecule has 0 amide bonds. The maximum absolute atomic E-state index is 12.5. The lowest BCUT2D eigenvalue weighted by atomic mass is 9.61. The van der Waals surface area contributed by atoms with Crippen LogP contribution in [0.3, 0.4) is 0 Å². The number of carboxylic acids is 1. The molecule has 5 nitrogen and oxygen atoms in total. The Labute approximate surface area is 130 Å². The first-order valence-electron chi connectivity index (χ1n) is 7.76. The van der Waals surface area contributed by atoms with Gasteiger partial charge in [0.2, 0.25) is 10.0 Å².